The summed E-state index contributed by atoms with van der Waals surface area (Å²) >= 11 is 1.08. The van der Waals surface area contributed by atoms with Crippen molar-refractivity contribution in [2.45, 2.75) is 43.5 Å². The average Bonchev–Trinajstić information content (AvgIpc) is 2.49. The van der Waals surface area contributed by atoms with Crippen LogP contribution in [0.5, 0.6) is 0 Å². The molecular weight excluding hydrogens is 303 g/mol. The molecule has 0 radical (unpaired) electrons. The second kappa shape index (κ2) is 8.17. The molecule has 1 fully saturated rings. The lowest BCUT2D eigenvalue weighted by Gasteiger charge is -2.29. The highest BCUT2D eigenvalue weighted by molar-refractivity contribution is 8.00. The highest BCUT2D eigenvalue weighted by Crippen LogP contribution is 2.23. The van der Waals surface area contributed by atoms with E-state index in [9.17, 15) is 14.0 Å². The molecule has 0 aliphatic heterocycles. The quantitative estimate of drug-likeness (QED) is 0.835. The molecule has 0 saturated heterocycles. The van der Waals surface area contributed by atoms with Crippen LogP contribution in [0, 0.1) is 11.7 Å². The minimum atomic E-state index is -0.460. The number of rotatable bonds is 4. The van der Waals surface area contributed by atoms with Gasteiger partial charge in [0.25, 0.3) is 0 Å². The van der Waals surface area contributed by atoms with Crippen molar-refractivity contribution >= 4 is 23.7 Å². The predicted octanol–water partition coefficient (Wildman–Crippen LogP) is 3.32. The van der Waals surface area contributed by atoms with Gasteiger partial charge in [-0.05, 0) is 30.9 Å². The van der Waals surface area contributed by atoms with Gasteiger partial charge in [-0.2, -0.15) is 0 Å². The van der Waals surface area contributed by atoms with Gasteiger partial charge in [0, 0.05) is 10.9 Å². The van der Waals surface area contributed by atoms with E-state index in [4.69, 9.17) is 0 Å². The van der Waals surface area contributed by atoms with Gasteiger partial charge in [0.1, 0.15) is 5.82 Å². The molecule has 2 N–H and O–H groups in total. The predicted molar refractivity (Wildman–Crippen MR) is 85.2 cm³/mol. The van der Waals surface area contributed by atoms with Gasteiger partial charge in [0.15, 0.2) is 0 Å². The van der Waals surface area contributed by atoms with Crippen LogP contribution in [0.1, 0.15) is 32.6 Å². The van der Waals surface area contributed by atoms with E-state index in [0.717, 1.165) is 31.0 Å². The van der Waals surface area contributed by atoms with Gasteiger partial charge in [-0.3, -0.25) is 10.1 Å². The van der Waals surface area contributed by atoms with E-state index < -0.39 is 11.9 Å². The van der Waals surface area contributed by atoms with Gasteiger partial charge in [-0.25, -0.2) is 9.18 Å². The SMILES string of the molecule is CC1CCCCC1NC(=O)NC(=O)CSc1ccccc1F. The second-order valence-corrected chi connectivity index (χ2v) is 6.63. The average molecular weight is 324 g/mol. The van der Waals surface area contributed by atoms with Gasteiger partial charge in [-0.1, -0.05) is 31.9 Å². The first-order valence-electron chi connectivity index (χ1n) is 7.54. The first-order chi connectivity index (χ1) is 10.6. The van der Waals surface area contributed by atoms with Crippen molar-refractivity contribution in [2.24, 2.45) is 5.92 Å². The molecule has 2 unspecified atom stereocenters. The first kappa shape index (κ1) is 16.8. The standard InChI is InChI=1S/C16H21FN2O2S/c1-11-6-2-4-8-13(11)18-16(21)19-15(20)10-22-14-9-5-3-7-12(14)17/h3,5,7,9,11,13H,2,4,6,8,10H2,1H3,(H2,18,19,20,21). The second-order valence-electron chi connectivity index (χ2n) is 5.61. The van der Waals surface area contributed by atoms with E-state index in [1.165, 1.54) is 12.5 Å². The molecule has 1 aliphatic carbocycles. The van der Waals surface area contributed by atoms with Crippen molar-refractivity contribution in [1.82, 2.24) is 10.6 Å². The van der Waals surface area contributed by atoms with Crippen LogP contribution >= 0.6 is 11.8 Å². The summed E-state index contributed by atoms with van der Waals surface area (Å²) in [5, 5.41) is 5.16. The summed E-state index contributed by atoms with van der Waals surface area (Å²) in [7, 11) is 0. The summed E-state index contributed by atoms with van der Waals surface area (Å²) in [6, 6.07) is 5.92. The van der Waals surface area contributed by atoms with Crippen molar-refractivity contribution in [1.29, 1.82) is 0 Å². The Morgan fingerprint density at radius 2 is 2.00 bits per heavy atom. The maximum Gasteiger partial charge on any atom is 0.321 e. The molecule has 0 spiro atoms. The fraction of sp³-hybridized carbons (Fsp3) is 0.500. The summed E-state index contributed by atoms with van der Waals surface area (Å²) < 4.78 is 13.4. The number of hydrogen-bond donors (Lipinski definition) is 2. The number of imide groups is 1. The third kappa shape index (κ3) is 5.02. The molecule has 2 rings (SSSR count). The van der Waals surface area contributed by atoms with Crippen LogP contribution in [0.2, 0.25) is 0 Å². The molecule has 120 valence electrons. The summed E-state index contributed by atoms with van der Waals surface area (Å²) in [5.74, 6) is -0.341. The third-order valence-electron chi connectivity index (χ3n) is 3.88. The Kier molecular flexibility index (Phi) is 6.24. The minimum Gasteiger partial charge on any atom is -0.335 e. The summed E-state index contributed by atoms with van der Waals surface area (Å²) in [6.07, 6.45) is 4.35. The van der Waals surface area contributed by atoms with E-state index >= 15 is 0 Å². The Balaban J connectivity index is 1.74. The molecule has 0 heterocycles. The van der Waals surface area contributed by atoms with E-state index in [2.05, 4.69) is 17.6 Å². The molecule has 0 aromatic heterocycles. The van der Waals surface area contributed by atoms with Crippen molar-refractivity contribution in [2.75, 3.05) is 5.75 Å². The molecule has 3 amide bonds. The maximum atomic E-state index is 13.4. The molecule has 6 heteroatoms. The highest BCUT2D eigenvalue weighted by Gasteiger charge is 2.23. The molecule has 2 atom stereocenters. The van der Waals surface area contributed by atoms with Crippen molar-refractivity contribution in [3.63, 3.8) is 0 Å². The van der Waals surface area contributed by atoms with Crippen molar-refractivity contribution < 1.29 is 14.0 Å². The molecule has 4 nitrogen and oxygen atoms in total. The molecular formula is C16H21FN2O2S. The van der Waals surface area contributed by atoms with Crippen LogP contribution in [0.25, 0.3) is 0 Å². The molecule has 0 bridgehead atoms. The minimum absolute atomic E-state index is 0.00851. The Bertz CT molecular complexity index is 539. The first-order valence-corrected chi connectivity index (χ1v) is 8.52. The van der Waals surface area contributed by atoms with Gasteiger partial charge in [-0.15, -0.1) is 11.8 Å². The topological polar surface area (TPSA) is 58.2 Å². The zero-order chi connectivity index (χ0) is 15.9. The Morgan fingerprint density at radius 3 is 2.73 bits per heavy atom. The van der Waals surface area contributed by atoms with Crippen molar-refractivity contribution in [3.05, 3.63) is 30.1 Å². The maximum absolute atomic E-state index is 13.4. The molecule has 22 heavy (non-hydrogen) atoms. The molecule has 1 aromatic carbocycles. The zero-order valence-electron chi connectivity index (χ0n) is 12.6. The summed E-state index contributed by atoms with van der Waals surface area (Å²) in [5.41, 5.74) is 0. The van der Waals surface area contributed by atoms with Gasteiger partial charge in [0.2, 0.25) is 5.91 Å². The number of hydrogen-bond acceptors (Lipinski definition) is 3. The van der Waals surface area contributed by atoms with Gasteiger partial charge < -0.3 is 5.32 Å². The lowest BCUT2D eigenvalue weighted by atomic mass is 9.86. The third-order valence-corrected chi connectivity index (χ3v) is 4.92. The molecule has 1 aromatic rings. The Morgan fingerprint density at radius 1 is 1.27 bits per heavy atom. The van der Waals surface area contributed by atoms with E-state index in [-0.39, 0.29) is 17.6 Å². The van der Waals surface area contributed by atoms with Crippen LogP contribution in [-0.4, -0.2) is 23.7 Å². The number of nitrogens with one attached hydrogen (secondary N) is 2. The van der Waals surface area contributed by atoms with E-state index in [1.807, 2.05) is 0 Å². The number of carbonyl (C=O) groups excluding carboxylic acids is 2. The van der Waals surface area contributed by atoms with E-state index in [1.54, 1.807) is 18.2 Å². The van der Waals surface area contributed by atoms with Crippen LogP contribution in [0.4, 0.5) is 9.18 Å². The fourth-order valence-electron chi connectivity index (χ4n) is 2.60. The summed E-state index contributed by atoms with van der Waals surface area (Å²) in [4.78, 5) is 24.0. The zero-order valence-corrected chi connectivity index (χ0v) is 13.4. The van der Waals surface area contributed by atoms with Crippen LogP contribution in [-0.2, 0) is 4.79 Å². The van der Waals surface area contributed by atoms with Gasteiger partial charge >= 0.3 is 6.03 Å². The Labute approximate surface area is 134 Å². The number of halogens is 1. The molecule has 1 aliphatic rings. The lowest BCUT2D eigenvalue weighted by molar-refractivity contribution is -0.117. The highest BCUT2D eigenvalue weighted by atomic mass is 32.2. The number of urea groups is 1. The number of carbonyl (C=O) groups is 2. The van der Waals surface area contributed by atoms with Crippen molar-refractivity contribution in [3.8, 4) is 0 Å². The van der Waals surface area contributed by atoms with Crippen LogP contribution in [0.3, 0.4) is 0 Å². The van der Waals surface area contributed by atoms with Gasteiger partial charge in [0.05, 0.1) is 5.75 Å². The molecule has 1 saturated carbocycles. The number of benzene rings is 1. The number of amides is 3. The summed E-state index contributed by atoms with van der Waals surface area (Å²) in [6.45, 7) is 2.11. The van der Waals surface area contributed by atoms with Crippen LogP contribution < -0.4 is 10.6 Å². The largest absolute Gasteiger partial charge is 0.335 e. The fourth-order valence-corrected chi connectivity index (χ4v) is 3.34. The Hall–Kier alpha value is -1.56. The van der Waals surface area contributed by atoms with E-state index in [0.29, 0.717) is 10.8 Å². The lowest BCUT2D eigenvalue weighted by Crippen LogP contribution is -2.48. The monoisotopic (exact) mass is 324 g/mol. The number of thioether (sulfide) groups is 1. The smallest absolute Gasteiger partial charge is 0.321 e. The normalized spacial score (nSPS) is 21.2. The van der Waals surface area contributed by atoms with Crippen LogP contribution in [0.15, 0.2) is 29.2 Å².